The van der Waals surface area contributed by atoms with Crippen LogP contribution < -0.4 is 11.1 Å². The molecule has 61 heavy (non-hydrogen) atoms. The summed E-state index contributed by atoms with van der Waals surface area (Å²) in [6.07, 6.45) is 58.1. The quantitative estimate of drug-likeness (QED) is 0.0318. The molecule has 0 bridgehead atoms. The number of carboxylic acid groups (broad SMARTS) is 1. The van der Waals surface area contributed by atoms with Gasteiger partial charge in [0.1, 0.15) is 12.1 Å². The largest absolute Gasteiger partial charge is 0.480 e. The number of hydrogen-bond acceptors (Lipinski definition) is 5. The summed E-state index contributed by atoms with van der Waals surface area (Å²) in [6, 6.07) is -0.859. The van der Waals surface area contributed by atoms with Gasteiger partial charge in [0.15, 0.2) is 0 Å². The van der Waals surface area contributed by atoms with E-state index < -0.39 is 12.0 Å². The number of esters is 1. The first-order valence-electron chi connectivity index (χ1n) is 26.7. The van der Waals surface area contributed by atoms with Crippen LogP contribution in [0.25, 0.3) is 0 Å². The molecule has 0 heterocycles. The Morgan fingerprint density at radius 3 is 1.28 bits per heavy atom. The van der Waals surface area contributed by atoms with Crippen LogP contribution in [0, 0.1) is 0 Å². The molecule has 4 N–H and O–H groups in total. The summed E-state index contributed by atoms with van der Waals surface area (Å²) < 4.78 is 6.08. The molecule has 0 aliphatic carbocycles. The second-order valence-corrected chi connectivity index (χ2v) is 18.3. The molecule has 0 aliphatic heterocycles. The molecule has 0 saturated heterocycles. The van der Waals surface area contributed by atoms with E-state index in [0.717, 1.165) is 83.5 Å². The fourth-order valence-corrected chi connectivity index (χ4v) is 8.25. The van der Waals surface area contributed by atoms with E-state index in [4.69, 9.17) is 10.5 Å². The highest BCUT2D eigenvalue weighted by Crippen LogP contribution is 2.19. The molecule has 2 atom stereocenters. The zero-order valence-corrected chi connectivity index (χ0v) is 40.5. The lowest BCUT2D eigenvalue weighted by molar-refractivity contribution is -0.150. The predicted octanol–water partition coefficient (Wildman–Crippen LogP) is 16.0. The second-order valence-electron chi connectivity index (χ2n) is 18.3. The third-order valence-corrected chi connectivity index (χ3v) is 12.3. The monoisotopic (exact) mass is 859 g/mol. The summed E-state index contributed by atoms with van der Waals surface area (Å²) in [6.45, 7) is 4.96. The van der Waals surface area contributed by atoms with Gasteiger partial charge in [0.25, 0.3) is 0 Å². The minimum atomic E-state index is -1.00. The maximum atomic E-state index is 12.9. The third kappa shape index (κ3) is 45.7. The minimum Gasteiger partial charge on any atom is -0.480 e. The summed E-state index contributed by atoms with van der Waals surface area (Å²) >= 11 is 0. The van der Waals surface area contributed by atoms with Gasteiger partial charge < -0.3 is 20.9 Å². The molecule has 7 nitrogen and oxygen atoms in total. The van der Waals surface area contributed by atoms with Crippen LogP contribution in [0.1, 0.15) is 284 Å². The molecule has 0 saturated carbocycles. The van der Waals surface area contributed by atoms with Gasteiger partial charge in [-0.05, 0) is 90.0 Å². The molecule has 2 unspecified atom stereocenters. The number of hydrogen-bond donors (Lipinski definition) is 3. The molecular weight excluding hydrogens is 757 g/mol. The van der Waals surface area contributed by atoms with E-state index in [-0.39, 0.29) is 18.0 Å². The zero-order chi connectivity index (χ0) is 44.5. The van der Waals surface area contributed by atoms with Gasteiger partial charge in [0, 0.05) is 12.8 Å². The summed E-state index contributed by atoms with van der Waals surface area (Å²) in [5, 5.41) is 12.0. The Morgan fingerprint density at radius 2 is 0.852 bits per heavy atom. The summed E-state index contributed by atoms with van der Waals surface area (Å²) in [4.78, 5) is 36.6. The fourth-order valence-electron chi connectivity index (χ4n) is 8.25. The van der Waals surface area contributed by atoms with Crippen molar-refractivity contribution in [2.45, 2.75) is 296 Å². The molecule has 0 rings (SSSR count). The molecule has 0 aromatic carbocycles. The summed E-state index contributed by atoms with van der Waals surface area (Å²) in [7, 11) is 0. The molecule has 0 spiro atoms. The number of nitrogens with two attached hydrogens (primary N) is 1. The van der Waals surface area contributed by atoms with Gasteiger partial charge >= 0.3 is 11.9 Å². The maximum absolute atomic E-state index is 12.9. The van der Waals surface area contributed by atoms with Crippen molar-refractivity contribution in [2.75, 3.05) is 6.54 Å². The van der Waals surface area contributed by atoms with Crippen molar-refractivity contribution in [3.05, 3.63) is 24.3 Å². The lowest BCUT2D eigenvalue weighted by atomic mass is 10.0. The van der Waals surface area contributed by atoms with E-state index in [1.807, 2.05) is 0 Å². The van der Waals surface area contributed by atoms with Gasteiger partial charge in [-0.3, -0.25) is 9.59 Å². The van der Waals surface area contributed by atoms with Crippen molar-refractivity contribution in [1.82, 2.24) is 5.32 Å². The van der Waals surface area contributed by atoms with Crippen molar-refractivity contribution < 1.29 is 24.2 Å². The maximum Gasteiger partial charge on any atom is 0.326 e. The predicted molar refractivity (Wildman–Crippen MR) is 262 cm³/mol. The third-order valence-electron chi connectivity index (χ3n) is 12.3. The number of rotatable bonds is 49. The Hall–Kier alpha value is -2.15. The molecule has 0 radical (unpaired) electrons. The van der Waals surface area contributed by atoms with Crippen molar-refractivity contribution in [3.63, 3.8) is 0 Å². The highest BCUT2D eigenvalue weighted by Gasteiger charge is 2.19. The van der Waals surface area contributed by atoms with Gasteiger partial charge in [0.2, 0.25) is 5.91 Å². The number of unbranched alkanes of at least 4 members (excludes halogenated alkanes) is 31. The van der Waals surface area contributed by atoms with Crippen LogP contribution in [0.15, 0.2) is 24.3 Å². The number of ether oxygens (including phenoxy) is 1. The number of aliphatic carboxylic acids is 1. The molecule has 0 aliphatic rings. The topological polar surface area (TPSA) is 119 Å². The Labute approximate surface area is 378 Å². The van der Waals surface area contributed by atoms with Gasteiger partial charge in [0.05, 0.1) is 0 Å². The number of carbonyl (C=O) groups excluding carboxylic acids is 2. The van der Waals surface area contributed by atoms with E-state index >= 15 is 0 Å². The van der Waals surface area contributed by atoms with Crippen molar-refractivity contribution in [3.8, 4) is 0 Å². The molecule has 0 fully saturated rings. The average Bonchev–Trinajstić information content (AvgIpc) is 3.25. The summed E-state index contributed by atoms with van der Waals surface area (Å²) in [5.74, 6) is -1.23. The SMILES string of the molecule is CCCCCCC/C=C\C/C=C\CCCCCC(CCCCCCCC(=O)NC(CCCN)C(=O)O)OC(=O)CCCCCCCCCCCCCCCCCCCCCC. The molecule has 0 aromatic heterocycles. The van der Waals surface area contributed by atoms with E-state index in [9.17, 15) is 19.5 Å². The first-order valence-corrected chi connectivity index (χ1v) is 26.7. The van der Waals surface area contributed by atoms with Crippen molar-refractivity contribution in [2.24, 2.45) is 5.73 Å². The first-order chi connectivity index (χ1) is 29.9. The normalized spacial score (nSPS) is 12.7. The molecular formula is C54H102N2O5. The molecule has 358 valence electrons. The van der Waals surface area contributed by atoms with E-state index in [0.29, 0.717) is 32.2 Å². The standard InChI is InChI=1S/C54H102N2O5/c1-3-5-7-9-11-13-15-17-19-20-21-22-23-25-27-29-31-33-38-42-48-53(58)61-50(44-39-35-32-30-28-26-24-18-16-14-12-10-8-6-4-2)45-40-36-34-37-41-47-52(57)56-51(54(59)60)46-43-49-55/h16,18,26,28,50-51H,3-15,17,19-25,27,29-49,55H2,1-2H3,(H,56,57)(H,59,60)/b18-16-,28-26-. The number of amides is 1. The fraction of sp³-hybridized carbons (Fsp3) is 0.870. The van der Waals surface area contributed by atoms with Crippen LogP contribution >= 0.6 is 0 Å². The number of allylic oxidation sites excluding steroid dienone is 4. The Morgan fingerprint density at radius 1 is 0.475 bits per heavy atom. The van der Waals surface area contributed by atoms with Crippen LogP contribution in [0.3, 0.4) is 0 Å². The Balaban J connectivity index is 4.27. The van der Waals surface area contributed by atoms with Crippen LogP contribution in [0.2, 0.25) is 0 Å². The highest BCUT2D eigenvalue weighted by atomic mass is 16.5. The van der Waals surface area contributed by atoms with Gasteiger partial charge in [-0.15, -0.1) is 0 Å². The minimum absolute atomic E-state index is 0.00694. The van der Waals surface area contributed by atoms with E-state index in [2.05, 4.69) is 43.5 Å². The summed E-state index contributed by atoms with van der Waals surface area (Å²) in [5.41, 5.74) is 5.50. The first kappa shape index (κ1) is 58.9. The van der Waals surface area contributed by atoms with Gasteiger partial charge in [-0.2, -0.15) is 0 Å². The molecule has 1 amide bonds. The second kappa shape index (κ2) is 48.9. The molecule has 7 heteroatoms. The van der Waals surface area contributed by atoms with Crippen molar-refractivity contribution in [1.29, 1.82) is 0 Å². The van der Waals surface area contributed by atoms with Crippen LogP contribution in [-0.2, 0) is 19.1 Å². The Kier molecular flexibility index (Phi) is 47.2. The average molecular weight is 859 g/mol. The zero-order valence-electron chi connectivity index (χ0n) is 40.5. The lowest BCUT2D eigenvalue weighted by Gasteiger charge is -2.18. The van der Waals surface area contributed by atoms with Crippen LogP contribution in [-0.4, -0.2) is 41.6 Å². The van der Waals surface area contributed by atoms with Crippen LogP contribution in [0.5, 0.6) is 0 Å². The van der Waals surface area contributed by atoms with E-state index in [1.165, 1.54) is 161 Å². The number of carbonyl (C=O) groups is 3. The van der Waals surface area contributed by atoms with Crippen LogP contribution in [0.4, 0.5) is 0 Å². The van der Waals surface area contributed by atoms with E-state index in [1.54, 1.807) is 0 Å². The van der Waals surface area contributed by atoms with Gasteiger partial charge in [-0.25, -0.2) is 4.79 Å². The lowest BCUT2D eigenvalue weighted by Crippen LogP contribution is -2.40. The Bertz CT molecular complexity index is 1010. The number of nitrogens with one attached hydrogen (secondary N) is 1. The van der Waals surface area contributed by atoms with Gasteiger partial charge in [-0.1, -0.05) is 212 Å². The molecule has 0 aromatic rings. The smallest absolute Gasteiger partial charge is 0.326 e. The highest BCUT2D eigenvalue weighted by molar-refractivity contribution is 5.83. The van der Waals surface area contributed by atoms with Crippen molar-refractivity contribution >= 4 is 17.8 Å². The number of carboxylic acids is 1.